The Morgan fingerprint density at radius 2 is 1.89 bits per heavy atom. The third kappa shape index (κ3) is 4.85. The molecule has 18 heavy (non-hydrogen) atoms. The molecule has 1 aliphatic rings. The second kappa shape index (κ2) is 8.11. The molecule has 0 saturated heterocycles. The maximum atomic E-state index is 12.0. The van der Waals surface area contributed by atoms with Crippen LogP contribution >= 0.6 is 0 Å². The summed E-state index contributed by atoms with van der Waals surface area (Å²) in [6, 6.07) is 0. The minimum atomic E-state index is -0.210. The van der Waals surface area contributed by atoms with Crippen molar-refractivity contribution in [3.63, 3.8) is 0 Å². The van der Waals surface area contributed by atoms with Gasteiger partial charge < -0.3 is 10.5 Å². The Kier molecular flexibility index (Phi) is 7.16. The van der Waals surface area contributed by atoms with Gasteiger partial charge >= 0.3 is 0 Å². The summed E-state index contributed by atoms with van der Waals surface area (Å²) in [5, 5.41) is 0. The summed E-state index contributed by atoms with van der Waals surface area (Å²) in [4.78, 5) is 0. The van der Waals surface area contributed by atoms with Crippen LogP contribution in [0, 0.1) is 11.8 Å². The molecule has 0 amide bonds. The fourth-order valence-electron chi connectivity index (χ4n) is 2.90. The fraction of sp³-hybridized carbons (Fsp3) is 1.00. The first-order valence-electron chi connectivity index (χ1n) is 7.53. The van der Waals surface area contributed by atoms with Gasteiger partial charge in [-0.05, 0) is 56.8 Å². The van der Waals surface area contributed by atoms with E-state index >= 15 is 0 Å². The highest BCUT2D eigenvalue weighted by Crippen LogP contribution is 2.37. The molecule has 0 heterocycles. The maximum absolute atomic E-state index is 12.0. The van der Waals surface area contributed by atoms with E-state index in [0.717, 1.165) is 44.1 Å². The first kappa shape index (κ1) is 15.9. The lowest BCUT2D eigenvalue weighted by atomic mass is 9.74. The molecule has 0 spiro atoms. The molecule has 1 aliphatic carbocycles. The number of hydrogen-bond donors (Lipinski definition) is 1. The summed E-state index contributed by atoms with van der Waals surface area (Å²) in [6.07, 6.45) is 7.20. The monoisotopic (exact) mass is 259 g/mol. The van der Waals surface area contributed by atoms with Crippen molar-refractivity contribution in [3.05, 3.63) is 0 Å². The Morgan fingerprint density at radius 3 is 2.39 bits per heavy atom. The second-order valence-corrected chi connectivity index (χ2v) is 6.07. The minimum absolute atomic E-state index is 0.0822. The van der Waals surface area contributed by atoms with Crippen LogP contribution in [0.5, 0.6) is 0 Å². The van der Waals surface area contributed by atoms with Crippen molar-refractivity contribution in [3.8, 4) is 0 Å². The third-order valence-corrected chi connectivity index (χ3v) is 4.44. The van der Waals surface area contributed by atoms with Gasteiger partial charge in [0.2, 0.25) is 0 Å². The van der Waals surface area contributed by atoms with E-state index < -0.39 is 0 Å². The zero-order valence-electron chi connectivity index (χ0n) is 12.1. The van der Waals surface area contributed by atoms with E-state index in [1.807, 2.05) is 0 Å². The molecule has 108 valence electrons. The number of unbranched alkanes of at least 4 members (excludes halogenated alkanes) is 2. The molecule has 0 aliphatic heterocycles. The summed E-state index contributed by atoms with van der Waals surface area (Å²) in [7, 11) is 0. The lowest BCUT2D eigenvalue weighted by molar-refractivity contribution is -0.0756. The Morgan fingerprint density at radius 1 is 1.22 bits per heavy atom. The van der Waals surface area contributed by atoms with Crippen molar-refractivity contribution in [2.24, 2.45) is 17.6 Å². The molecule has 2 nitrogen and oxygen atoms in total. The summed E-state index contributed by atoms with van der Waals surface area (Å²) < 4.78 is 18.0. The largest absolute Gasteiger partial charge is 0.374 e. The van der Waals surface area contributed by atoms with Crippen LogP contribution in [0.2, 0.25) is 0 Å². The summed E-state index contributed by atoms with van der Waals surface area (Å²) in [6.45, 7) is 5.76. The van der Waals surface area contributed by atoms with Crippen molar-refractivity contribution in [1.29, 1.82) is 0 Å². The molecule has 2 N–H and O–H groups in total. The first-order chi connectivity index (χ1) is 8.63. The van der Waals surface area contributed by atoms with Gasteiger partial charge in [0, 0.05) is 13.2 Å². The standard InChI is InChI=1S/C15H30FNO/c1-13(2)14-6-8-15(12-17,9-7-14)18-11-5-3-4-10-16/h13-14H,3-12,17H2,1-2H3. The zero-order valence-corrected chi connectivity index (χ0v) is 12.1. The van der Waals surface area contributed by atoms with Gasteiger partial charge in [0.05, 0.1) is 12.3 Å². The van der Waals surface area contributed by atoms with E-state index in [9.17, 15) is 4.39 Å². The van der Waals surface area contributed by atoms with Gasteiger partial charge in [-0.2, -0.15) is 0 Å². The number of rotatable bonds is 8. The molecule has 0 aromatic rings. The minimum Gasteiger partial charge on any atom is -0.374 e. The van der Waals surface area contributed by atoms with Gasteiger partial charge in [-0.25, -0.2) is 0 Å². The molecule has 1 fully saturated rings. The SMILES string of the molecule is CC(C)C1CCC(CN)(OCCCCCF)CC1. The predicted molar refractivity (Wildman–Crippen MR) is 74.4 cm³/mol. The van der Waals surface area contributed by atoms with Crippen molar-refractivity contribution in [2.45, 2.75) is 64.4 Å². The third-order valence-electron chi connectivity index (χ3n) is 4.44. The van der Waals surface area contributed by atoms with Crippen LogP contribution in [-0.2, 0) is 4.74 Å². The van der Waals surface area contributed by atoms with E-state index in [1.54, 1.807) is 0 Å². The molecule has 0 aromatic heterocycles. The molecule has 0 atom stereocenters. The lowest BCUT2D eigenvalue weighted by Crippen LogP contribution is -2.44. The van der Waals surface area contributed by atoms with Gasteiger partial charge in [-0.3, -0.25) is 4.39 Å². The number of alkyl halides is 1. The number of hydrogen-bond acceptors (Lipinski definition) is 2. The highest BCUT2D eigenvalue weighted by atomic mass is 19.1. The highest BCUT2D eigenvalue weighted by Gasteiger charge is 2.35. The molecule has 3 heteroatoms. The van der Waals surface area contributed by atoms with E-state index in [2.05, 4.69) is 13.8 Å². The van der Waals surface area contributed by atoms with Crippen LogP contribution in [0.15, 0.2) is 0 Å². The van der Waals surface area contributed by atoms with Crippen LogP contribution in [0.1, 0.15) is 58.8 Å². The quantitative estimate of drug-likeness (QED) is 0.675. The van der Waals surface area contributed by atoms with Crippen molar-refractivity contribution >= 4 is 0 Å². The van der Waals surface area contributed by atoms with Crippen LogP contribution in [-0.4, -0.2) is 25.4 Å². The van der Waals surface area contributed by atoms with Crippen LogP contribution in [0.3, 0.4) is 0 Å². The topological polar surface area (TPSA) is 35.2 Å². The highest BCUT2D eigenvalue weighted by molar-refractivity contribution is 4.89. The smallest absolute Gasteiger partial charge is 0.0894 e. The van der Waals surface area contributed by atoms with E-state index in [-0.39, 0.29) is 12.3 Å². The number of nitrogens with two attached hydrogens (primary N) is 1. The Hall–Kier alpha value is -0.150. The van der Waals surface area contributed by atoms with Crippen LogP contribution < -0.4 is 5.73 Å². The molecule has 1 saturated carbocycles. The maximum Gasteiger partial charge on any atom is 0.0894 e. The van der Waals surface area contributed by atoms with Gasteiger partial charge in [0.15, 0.2) is 0 Å². The zero-order chi connectivity index (χ0) is 13.4. The second-order valence-electron chi connectivity index (χ2n) is 6.07. The molecular weight excluding hydrogens is 229 g/mol. The summed E-state index contributed by atoms with van der Waals surface area (Å²) in [5.74, 6) is 1.60. The molecule has 0 bridgehead atoms. The molecule has 0 unspecified atom stereocenters. The molecular formula is C15H30FNO. The van der Waals surface area contributed by atoms with Crippen molar-refractivity contribution < 1.29 is 9.13 Å². The average Bonchev–Trinajstić information content (AvgIpc) is 2.39. The first-order valence-corrected chi connectivity index (χ1v) is 7.53. The molecule has 0 radical (unpaired) electrons. The van der Waals surface area contributed by atoms with Crippen LogP contribution in [0.4, 0.5) is 4.39 Å². The Balaban J connectivity index is 2.27. The van der Waals surface area contributed by atoms with E-state index in [0.29, 0.717) is 13.0 Å². The fourth-order valence-corrected chi connectivity index (χ4v) is 2.90. The van der Waals surface area contributed by atoms with Gasteiger partial charge in [0.1, 0.15) is 0 Å². The normalized spacial score (nSPS) is 28.8. The van der Waals surface area contributed by atoms with Gasteiger partial charge in [-0.1, -0.05) is 13.8 Å². The molecule has 0 aromatic carbocycles. The summed E-state index contributed by atoms with van der Waals surface area (Å²) >= 11 is 0. The van der Waals surface area contributed by atoms with Crippen molar-refractivity contribution in [1.82, 2.24) is 0 Å². The van der Waals surface area contributed by atoms with E-state index in [4.69, 9.17) is 10.5 Å². The Labute approximate surface area is 111 Å². The predicted octanol–water partition coefficient (Wildman–Crippen LogP) is 3.69. The average molecular weight is 259 g/mol. The lowest BCUT2D eigenvalue weighted by Gasteiger charge is -2.40. The van der Waals surface area contributed by atoms with Crippen molar-refractivity contribution in [2.75, 3.05) is 19.8 Å². The Bertz CT molecular complexity index is 213. The molecule has 1 rings (SSSR count). The van der Waals surface area contributed by atoms with Gasteiger partial charge in [-0.15, -0.1) is 0 Å². The van der Waals surface area contributed by atoms with Crippen LogP contribution in [0.25, 0.3) is 0 Å². The van der Waals surface area contributed by atoms with Gasteiger partial charge in [0.25, 0.3) is 0 Å². The summed E-state index contributed by atoms with van der Waals surface area (Å²) in [5.41, 5.74) is 5.83. The number of ether oxygens (including phenoxy) is 1. The number of halogens is 1. The van der Waals surface area contributed by atoms with E-state index in [1.165, 1.54) is 12.8 Å².